The summed E-state index contributed by atoms with van der Waals surface area (Å²) in [6, 6.07) is 8.93. The second-order valence-electron chi connectivity index (χ2n) is 5.79. The summed E-state index contributed by atoms with van der Waals surface area (Å²) in [5.41, 5.74) is 2.43. The molecule has 0 saturated carbocycles. The molecule has 24 heavy (non-hydrogen) atoms. The standard InChI is InChI=1S/C18H22N4O2/c1-11(2)21-16-8-7-14(10-20-16)18(24)22-15-9-13(17(23)19-4)6-5-12(15)3/h5-11H,1-4H3,(H,19,23)(H,20,21)(H,22,24). The van der Waals surface area contributed by atoms with Crippen LogP contribution in [0, 0.1) is 6.92 Å². The average Bonchev–Trinajstić information content (AvgIpc) is 2.56. The lowest BCUT2D eigenvalue weighted by molar-refractivity contribution is 0.0961. The fourth-order valence-corrected chi connectivity index (χ4v) is 2.15. The lowest BCUT2D eigenvalue weighted by Crippen LogP contribution is -2.19. The van der Waals surface area contributed by atoms with Crippen LogP contribution in [-0.2, 0) is 0 Å². The molecular formula is C18H22N4O2. The van der Waals surface area contributed by atoms with Crippen molar-refractivity contribution in [3.63, 3.8) is 0 Å². The number of hydrogen-bond donors (Lipinski definition) is 3. The zero-order valence-corrected chi connectivity index (χ0v) is 14.3. The van der Waals surface area contributed by atoms with Crippen LogP contribution < -0.4 is 16.0 Å². The molecule has 0 saturated heterocycles. The van der Waals surface area contributed by atoms with Crippen LogP contribution in [0.1, 0.15) is 40.1 Å². The molecule has 3 N–H and O–H groups in total. The maximum Gasteiger partial charge on any atom is 0.257 e. The van der Waals surface area contributed by atoms with Gasteiger partial charge in [-0.15, -0.1) is 0 Å². The molecule has 0 atom stereocenters. The first kappa shape index (κ1) is 17.5. The number of pyridine rings is 1. The Kier molecular flexibility index (Phi) is 5.52. The lowest BCUT2D eigenvalue weighted by atomic mass is 10.1. The average molecular weight is 326 g/mol. The second kappa shape index (κ2) is 7.59. The van der Waals surface area contributed by atoms with Crippen LogP contribution in [0.3, 0.4) is 0 Å². The molecule has 2 amide bonds. The van der Waals surface area contributed by atoms with Crippen molar-refractivity contribution in [1.82, 2.24) is 10.3 Å². The third kappa shape index (κ3) is 4.32. The van der Waals surface area contributed by atoms with Crippen molar-refractivity contribution >= 4 is 23.3 Å². The molecule has 0 aliphatic carbocycles. The highest BCUT2D eigenvalue weighted by Crippen LogP contribution is 2.18. The fraction of sp³-hybridized carbons (Fsp3) is 0.278. The van der Waals surface area contributed by atoms with E-state index in [-0.39, 0.29) is 17.9 Å². The first-order chi connectivity index (χ1) is 11.4. The Labute approximate surface area is 141 Å². The SMILES string of the molecule is CNC(=O)c1ccc(C)c(NC(=O)c2ccc(NC(C)C)nc2)c1. The maximum absolute atomic E-state index is 12.4. The molecule has 0 aliphatic heterocycles. The predicted molar refractivity (Wildman–Crippen MR) is 95.5 cm³/mol. The number of carbonyl (C=O) groups is 2. The van der Waals surface area contributed by atoms with E-state index in [1.54, 1.807) is 37.4 Å². The number of nitrogens with zero attached hydrogens (tertiary/aromatic N) is 1. The van der Waals surface area contributed by atoms with Gasteiger partial charge in [-0.05, 0) is 50.6 Å². The van der Waals surface area contributed by atoms with Gasteiger partial charge in [0.2, 0.25) is 0 Å². The van der Waals surface area contributed by atoms with Crippen molar-refractivity contribution in [3.05, 3.63) is 53.2 Å². The Morgan fingerprint density at radius 3 is 2.33 bits per heavy atom. The number of nitrogens with one attached hydrogen (secondary N) is 3. The van der Waals surface area contributed by atoms with Gasteiger partial charge in [0.15, 0.2) is 0 Å². The Hall–Kier alpha value is -2.89. The molecule has 6 heteroatoms. The van der Waals surface area contributed by atoms with Gasteiger partial charge >= 0.3 is 0 Å². The molecule has 0 bridgehead atoms. The van der Waals surface area contributed by atoms with Gasteiger partial charge in [-0.1, -0.05) is 6.07 Å². The van der Waals surface area contributed by atoms with Crippen molar-refractivity contribution in [2.24, 2.45) is 0 Å². The summed E-state index contributed by atoms with van der Waals surface area (Å²) in [5.74, 6) is 0.256. The topological polar surface area (TPSA) is 83.1 Å². The molecule has 0 fully saturated rings. The highest BCUT2D eigenvalue weighted by molar-refractivity contribution is 6.05. The fourth-order valence-electron chi connectivity index (χ4n) is 2.15. The highest BCUT2D eigenvalue weighted by atomic mass is 16.2. The van der Waals surface area contributed by atoms with Gasteiger partial charge in [0.25, 0.3) is 11.8 Å². The summed E-state index contributed by atoms with van der Waals surface area (Å²) in [6.07, 6.45) is 1.53. The minimum Gasteiger partial charge on any atom is -0.368 e. The minimum absolute atomic E-state index is 0.198. The normalized spacial score (nSPS) is 10.4. The number of aryl methyl sites for hydroxylation is 1. The van der Waals surface area contributed by atoms with Crippen molar-refractivity contribution < 1.29 is 9.59 Å². The Bertz CT molecular complexity index is 739. The number of aromatic nitrogens is 1. The number of benzene rings is 1. The number of anilines is 2. The first-order valence-corrected chi connectivity index (χ1v) is 7.77. The smallest absolute Gasteiger partial charge is 0.257 e. The van der Waals surface area contributed by atoms with Crippen LogP contribution in [-0.4, -0.2) is 29.9 Å². The van der Waals surface area contributed by atoms with Crippen molar-refractivity contribution in [3.8, 4) is 0 Å². The van der Waals surface area contributed by atoms with Gasteiger partial charge in [-0.2, -0.15) is 0 Å². The van der Waals surface area contributed by atoms with E-state index in [4.69, 9.17) is 0 Å². The van der Waals surface area contributed by atoms with Gasteiger partial charge in [-0.25, -0.2) is 4.98 Å². The lowest BCUT2D eigenvalue weighted by Gasteiger charge is -2.11. The zero-order valence-electron chi connectivity index (χ0n) is 14.3. The zero-order chi connectivity index (χ0) is 17.7. The van der Waals surface area contributed by atoms with E-state index < -0.39 is 0 Å². The molecule has 0 unspecified atom stereocenters. The van der Waals surface area contributed by atoms with E-state index in [1.807, 2.05) is 20.8 Å². The van der Waals surface area contributed by atoms with Crippen LogP contribution in [0.4, 0.5) is 11.5 Å². The van der Waals surface area contributed by atoms with Gasteiger partial charge in [0.1, 0.15) is 5.82 Å². The van der Waals surface area contributed by atoms with E-state index in [0.29, 0.717) is 16.8 Å². The van der Waals surface area contributed by atoms with E-state index >= 15 is 0 Å². The Morgan fingerprint density at radius 1 is 1.04 bits per heavy atom. The van der Waals surface area contributed by atoms with Crippen molar-refractivity contribution in [2.45, 2.75) is 26.8 Å². The van der Waals surface area contributed by atoms with Gasteiger partial charge in [0, 0.05) is 30.5 Å². The van der Waals surface area contributed by atoms with Gasteiger partial charge in [0.05, 0.1) is 5.56 Å². The number of amides is 2. The van der Waals surface area contributed by atoms with Crippen LogP contribution >= 0.6 is 0 Å². The Morgan fingerprint density at radius 2 is 1.75 bits per heavy atom. The number of rotatable bonds is 5. The van der Waals surface area contributed by atoms with Crippen LogP contribution in [0.25, 0.3) is 0 Å². The minimum atomic E-state index is -0.268. The summed E-state index contributed by atoms with van der Waals surface area (Å²) in [6.45, 7) is 5.91. The summed E-state index contributed by atoms with van der Waals surface area (Å²) in [5, 5.41) is 8.56. The highest BCUT2D eigenvalue weighted by Gasteiger charge is 2.11. The van der Waals surface area contributed by atoms with Crippen molar-refractivity contribution in [1.29, 1.82) is 0 Å². The molecule has 0 spiro atoms. The molecule has 0 radical (unpaired) electrons. The molecule has 0 aliphatic rings. The number of carbonyl (C=O) groups excluding carboxylic acids is 2. The van der Waals surface area contributed by atoms with E-state index in [0.717, 1.165) is 11.4 Å². The monoisotopic (exact) mass is 326 g/mol. The summed E-state index contributed by atoms with van der Waals surface area (Å²) in [4.78, 5) is 28.3. The quantitative estimate of drug-likeness (QED) is 0.789. The van der Waals surface area contributed by atoms with E-state index in [9.17, 15) is 9.59 Å². The molecule has 1 aromatic heterocycles. The third-order valence-corrected chi connectivity index (χ3v) is 3.44. The largest absolute Gasteiger partial charge is 0.368 e. The second-order valence-corrected chi connectivity index (χ2v) is 5.79. The summed E-state index contributed by atoms with van der Waals surface area (Å²) in [7, 11) is 1.57. The molecule has 6 nitrogen and oxygen atoms in total. The molecule has 1 aromatic carbocycles. The van der Waals surface area contributed by atoms with E-state index in [1.165, 1.54) is 6.20 Å². The molecule has 1 heterocycles. The van der Waals surface area contributed by atoms with Gasteiger partial charge < -0.3 is 16.0 Å². The molecule has 2 rings (SSSR count). The Balaban J connectivity index is 2.15. The summed E-state index contributed by atoms with van der Waals surface area (Å²) < 4.78 is 0. The molecular weight excluding hydrogens is 304 g/mol. The molecule has 2 aromatic rings. The van der Waals surface area contributed by atoms with Crippen LogP contribution in [0.15, 0.2) is 36.5 Å². The van der Waals surface area contributed by atoms with Crippen LogP contribution in [0.2, 0.25) is 0 Å². The van der Waals surface area contributed by atoms with E-state index in [2.05, 4.69) is 20.9 Å². The first-order valence-electron chi connectivity index (χ1n) is 7.77. The number of hydrogen-bond acceptors (Lipinski definition) is 4. The maximum atomic E-state index is 12.4. The molecule has 126 valence electrons. The van der Waals surface area contributed by atoms with Crippen LogP contribution in [0.5, 0.6) is 0 Å². The van der Waals surface area contributed by atoms with Crippen molar-refractivity contribution in [2.75, 3.05) is 17.7 Å². The van der Waals surface area contributed by atoms with Gasteiger partial charge in [-0.3, -0.25) is 9.59 Å². The predicted octanol–water partition coefficient (Wildman–Crippen LogP) is 2.82. The summed E-state index contributed by atoms with van der Waals surface area (Å²) >= 11 is 0. The third-order valence-electron chi connectivity index (χ3n) is 3.44.